The summed E-state index contributed by atoms with van der Waals surface area (Å²) in [5.41, 5.74) is 7.73. The van der Waals surface area contributed by atoms with E-state index in [2.05, 4.69) is 25.8 Å². The van der Waals surface area contributed by atoms with Crippen LogP contribution in [0, 0.1) is 11.8 Å². The Bertz CT molecular complexity index is 1280. The summed E-state index contributed by atoms with van der Waals surface area (Å²) < 4.78 is 13.9. The van der Waals surface area contributed by atoms with Gasteiger partial charge < -0.3 is 10.5 Å². The van der Waals surface area contributed by atoms with Gasteiger partial charge in [-0.05, 0) is 44.2 Å². The molecule has 1 aromatic heterocycles. The second-order valence-electron chi connectivity index (χ2n) is 9.94. The van der Waals surface area contributed by atoms with Crippen LogP contribution >= 0.6 is 12.1 Å². The van der Waals surface area contributed by atoms with Crippen LogP contribution in [-0.2, 0) is 21.4 Å². The first-order chi connectivity index (χ1) is 17.9. The molecule has 5 rings (SSSR count). The summed E-state index contributed by atoms with van der Waals surface area (Å²) in [5, 5.41) is 2.34. The molecule has 3 aliphatic rings. The van der Waals surface area contributed by atoms with E-state index < -0.39 is 11.9 Å². The lowest BCUT2D eigenvalue weighted by Crippen LogP contribution is -2.44. The molecule has 0 aliphatic carbocycles. The average molecular weight is 527 g/mol. The topological polar surface area (TPSA) is 115 Å². The van der Waals surface area contributed by atoms with Gasteiger partial charge in [0.05, 0.1) is 22.7 Å². The number of fused-ring (bicyclic) bond motifs is 1. The van der Waals surface area contributed by atoms with E-state index in [1.165, 1.54) is 9.13 Å². The fourth-order valence-electron chi connectivity index (χ4n) is 5.26. The van der Waals surface area contributed by atoms with Crippen molar-refractivity contribution in [1.29, 1.82) is 0 Å². The fraction of sp³-hybridized carbons (Fsp3) is 0.577. The standard InChI is InChI=1S/C26H34N6O4S/c1-29-24-18(4-2-6-21(24)32(26(29)35)22-7-8-23(33)28-25(22)34)5-3-17-36-20-11-15-31(16-12-20)37-30-13-9-19(27)10-14-30/h2,4,6,19-20,22H,7-17,27H2,1H3,(H,28,33,34). The van der Waals surface area contributed by atoms with Gasteiger partial charge in [-0.15, -0.1) is 0 Å². The molecule has 1 unspecified atom stereocenters. The second kappa shape index (κ2) is 11.4. The number of imidazole rings is 1. The minimum absolute atomic E-state index is 0.190. The van der Waals surface area contributed by atoms with Gasteiger partial charge in [0.15, 0.2) is 0 Å². The summed E-state index contributed by atoms with van der Waals surface area (Å²) >= 11 is 1.84. The molecular weight excluding hydrogens is 492 g/mol. The number of rotatable bonds is 5. The number of hydrogen-bond donors (Lipinski definition) is 2. The Hall–Kier alpha value is -2.62. The summed E-state index contributed by atoms with van der Waals surface area (Å²) in [4.78, 5) is 37.0. The van der Waals surface area contributed by atoms with E-state index >= 15 is 0 Å². The average Bonchev–Trinajstić information content (AvgIpc) is 3.15. The molecule has 2 aromatic rings. The summed E-state index contributed by atoms with van der Waals surface area (Å²) in [5.74, 6) is 5.52. The lowest BCUT2D eigenvalue weighted by Gasteiger charge is -2.36. The highest BCUT2D eigenvalue weighted by atomic mass is 32.2. The highest BCUT2D eigenvalue weighted by Gasteiger charge is 2.31. The summed E-state index contributed by atoms with van der Waals surface area (Å²) in [6, 6.07) is 5.15. The number of nitrogens with zero attached hydrogens (tertiary/aromatic N) is 4. The van der Waals surface area contributed by atoms with E-state index in [1.807, 2.05) is 30.3 Å². The van der Waals surface area contributed by atoms with Crippen LogP contribution in [0.4, 0.5) is 0 Å². The molecule has 3 aliphatic heterocycles. The molecule has 1 aromatic carbocycles. The molecule has 3 saturated heterocycles. The number of amides is 2. The zero-order chi connectivity index (χ0) is 25.9. The Morgan fingerprint density at radius 1 is 1.05 bits per heavy atom. The van der Waals surface area contributed by atoms with Crippen LogP contribution in [-0.4, -0.2) is 74.5 Å². The van der Waals surface area contributed by atoms with E-state index in [-0.39, 0.29) is 24.1 Å². The SMILES string of the molecule is Cn1c(=O)n(C2CCC(=O)NC2=O)c2cccc(C#CCOC3CCN(SN4CCC(N)CC4)CC3)c21. The first-order valence-corrected chi connectivity index (χ1v) is 13.7. The molecule has 198 valence electrons. The number of benzene rings is 1. The molecule has 1 atom stereocenters. The molecule has 0 spiro atoms. The minimum Gasteiger partial charge on any atom is -0.365 e. The monoisotopic (exact) mass is 526 g/mol. The molecule has 11 heteroatoms. The van der Waals surface area contributed by atoms with Crippen molar-refractivity contribution in [3.8, 4) is 11.8 Å². The van der Waals surface area contributed by atoms with Crippen molar-refractivity contribution in [2.75, 3.05) is 32.8 Å². The van der Waals surface area contributed by atoms with Crippen LogP contribution in [0.3, 0.4) is 0 Å². The first-order valence-electron chi connectivity index (χ1n) is 13.0. The lowest BCUT2D eigenvalue weighted by atomic mass is 10.1. The molecule has 0 radical (unpaired) electrons. The van der Waals surface area contributed by atoms with Crippen molar-refractivity contribution in [3.05, 3.63) is 34.2 Å². The van der Waals surface area contributed by atoms with Gasteiger partial charge in [-0.3, -0.25) is 24.0 Å². The van der Waals surface area contributed by atoms with Crippen molar-refractivity contribution >= 4 is 35.0 Å². The number of nitrogens with two attached hydrogens (primary N) is 1. The maximum Gasteiger partial charge on any atom is 0.329 e. The van der Waals surface area contributed by atoms with Crippen molar-refractivity contribution < 1.29 is 14.3 Å². The van der Waals surface area contributed by atoms with Crippen LogP contribution < -0.4 is 16.7 Å². The van der Waals surface area contributed by atoms with Gasteiger partial charge in [0, 0.05) is 57.8 Å². The Balaban J connectivity index is 1.19. The number of carbonyl (C=O) groups is 2. The quantitative estimate of drug-likeness (QED) is 0.339. The lowest BCUT2D eigenvalue weighted by molar-refractivity contribution is -0.135. The van der Waals surface area contributed by atoms with E-state index in [9.17, 15) is 14.4 Å². The van der Waals surface area contributed by atoms with Crippen LogP contribution in [0.1, 0.15) is 50.1 Å². The third kappa shape index (κ3) is 5.78. The Morgan fingerprint density at radius 3 is 2.46 bits per heavy atom. The summed E-state index contributed by atoms with van der Waals surface area (Å²) in [7, 11) is 1.68. The molecular formula is C26H34N6O4S. The zero-order valence-electron chi connectivity index (χ0n) is 21.1. The number of para-hydroxylation sites is 1. The number of ether oxygens (including phenoxy) is 1. The summed E-state index contributed by atoms with van der Waals surface area (Å²) in [6.45, 7) is 4.39. The zero-order valence-corrected chi connectivity index (χ0v) is 22.0. The Kier molecular flexibility index (Phi) is 8.02. The second-order valence-corrected chi connectivity index (χ2v) is 11.1. The van der Waals surface area contributed by atoms with E-state index in [0.29, 0.717) is 35.7 Å². The molecule has 3 fully saturated rings. The van der Waals surface area contributed by atoms with Gasteiger partial charge in [-0.1, -0.05) is 17.9 Å². The number of piperidine rings is 3. The summed E-state index contributed by atoms with van der Waals surface area (Å²) in [6.07, 6.45) is 4.78. The van der Waals surface area contributed by atoms with E-state index in [0.717, 1.165) is 51.9 Å². The maximum absolute atomic E-state index is 13.0. The molecule has 10 nitrogen and oxygen atoms in total. The van der Waals surface area contributed by atoms with Crippen molar-refractivity contribution in [2.24, 2.45) is 12.8 Å². The van der Waals surface area contributed by atoms with Crippen molar-refractivity contribution in [2.45, 2.75) is 56.7 Å². The maximum atomic E-state index is 13.0. The van der Waals surface area contributed by atoms with E-state index in [4.69, 9.17) is 10.5 Å². The highest BCUT2D eigenvalue weighted by Crippen LogP contribution is 2.26. The fourth-order valence-corrected chi connectivity index (χ4v) is 6.34. The molecule has 0 bridgehead atoms. The number of hydrogen-bond acceptors (Lipinski definition) is 8. The highest BCUT2D eigenvalue weighted by molar-refractivity contribution is 7.94. The van der Waals surface area contributed by atoms with Crippen LogP contribution in [0.25, 0.3) is 11.0 Å². The number of aryl methyl sites for hydroxylation is 1. The Morgan fingerprint density at radius 2 is 1.76 bits per heavy atom. The van der Waals surface area contributed by atoms with Crippen molar-refractivity contribution in [3.63, 3.8) is 0 Å². The van der Waals surface area contributed by atoms with E-state index in [1.54, 1.807) is 7.05 Å². The van der Waals surface area contributed by atoms with Gasteiger partial charge >= 0.3 is 5.69 Å². The third-order valence-corrected chi connectivity index (χ3v) is 8.56. The Labute approximate surface area is 220 Å². The van der Waals surface area contributed by atoms with Crippen molar-refractivity contribution in [1.82, 2.24) is 23.1 Å². The molecule has 3 N–H and O–H groups in total. The molecule has 37 heavy (non-hydrogen) atoms. The van der Waals surface area contributed by atoms with Crippen LogP contribution in [0.2, 0.25) is 0 Å². The number of aromatic nitrogens is 2. The minimum atomic E-state index is -0.711. The largest absolute Gasteiger partial charge is 0.365 e. The van der Waals surface area contributed by atoms with Gasteiger partial charge in [-0.25, -0.2) is 13.4 Å². The molecule has 0 saturated carbocycles. The predicted molar refractivity (Wildman–Crippen MR) is 142 cm³/mol. The molecule has 4 heterocycles. The van der Waals surface area contributed by atoms with Gasteiger partial charge in [0.2, 0.25) is 11.8 Å². The predicted octanol–water partition coefficient (Wildman–Crippen LogP) is 1.14. The number of nitrogens with one attached hydrogen (secondary N) is 1. The van der Waals surface area contributed by atoms with Gasteiger partial charge in [0.1, 0.15) is 12.6 Å². The normalized spacial score (nSPS) is 22.7. The smallest absolute Gasteiger partial charge is 0.329 e. The number of carbonyl (C=O) groups excluding carboxylic acids is 2. The first kappa shape index (κ1) is 26.0. The number of imide groups is 1. The van der Waals surface area contributed by atoms with Crippen LogP contribution in [0.15, 0.2) is 23.0 Å². The van der Waals surface area contributed by atoms with Crippen LogP contribution in [0.5, 0.6) is 0 Å². The third-order valence-electron chi connectivity index (χ3n) is 7.37. The van der Waals surface area contributed by atoms with Gasteiger partial charge in [0.25, 0.3) is 0 Å². The van der Waals surface area contributed by atoms with Gasteiger partial charge in [-0.2, -0.15) is 0 Å². The molecule has 2 amide bonds.